The molecule has 1 aliphatic heterocycles. The highest BCUT2D eigenvalue weighted by molar-refractivity contribution is 6.04. The molecule has 0 radical (unpaired) electrons. The monoisotopic (exact) mass is 254 g/mol. The molecule has 0 atom stereocenters. The lowest BCUT2D eigenvalue weighted by molar-refractivity contribution is -0.149. The van der Waals surface area contributed by atoms with Gasteiger partial charge in [0.25, 0.3) is 0 Å². The molecule has 1 heterocycles. The van der Waals surface area contributed by atoms with E-state index in [-0.39, 0.29) is 11.8 Å². The Morgan fingerprint density at radius 3 is 2.22 bits per heavy atom. The van der Waals surface area contributed by atoms with E-state index < -0.39 is 5.41 Å². The summed E-state index contributed by atoms with van der Waals surface area (Å²) in [7, 11) is 0. The minimum absolute atomic E-state index is 0.0385. The molecule has 0 aromatic heterocycles. The van der Waals surface area contributed by atoms with E-state index in [1.165, 1.54) is 6.42 Å². The number of nitrogens with zero attached hydrogens (tertiary/aromatic N) is 1. The Morgan fingerprint density at radius 2 is 1.72 bits per heavy atom. The van der Waals surface area contributed by atoms with Crippen LogP contribution in [0.25, 0.3) is 0 Å². The fourth-order valence-electron chi connectivity index (χ4n) is 2.11. The lowest BCUT2D eigenvalue weighted by atomic mass is 9.89. The van der Waals surface area contributed by atoms with E-state index >= 15 is 0 Å². The van der Waals surface area contributed by atoms with Crippen LogP contribution in [0.2, 0.25) is 0 Å². The fourth-order valence-corrected chi connectivity index (χ4v) is 2.11. The van der Waals surface area contributed by atoms with E-state index in [9.17, 15) is 9.59 Å². The van der Waals surface area contributed by atoms with Crippen LogP contribution in [0, 0.1) is 11.3 Å². The first-order valence-electron chi connectivity index (χ1n) is 6.93. The molecule has 0 spiro atoms. The second-order valence-electron chi connectivity index (χ2n) is 6.08. The van der Waals surface area contributed by atoms with Crippen LogP contribution in [-0.2, 0) is 9.59 Å². The number of nitrogens with one attached hydrogen (secondary N) is 1. The predicted molar refractivity (Wildman–Crippen MR) is 72.1 cm³/mol. The number of likely N-dealkylation sites (tertiary alicyclic amines) is 1. The topological polar surface area (TPSA) is 49.4 Å². The van der Waals surface area contributed by atoms with Crippen molar-refractivity contribution in [1.29, 1.82) is 0 Å². The zero-order valence-electron chi connectivity index (χ0n) is 12.1. The molecule has 0 bridgehead atoms. The number of carbonyl (C=O) groups is 2. The minimum Gasteiger partial charge on any atom is -0.355 e. The van der Waals surface area contributed by atoms with Gasteiger partial charge < -0.3 is 10.2 Å². The third-order valence-corrected chi connectivity index (χ3v) is 3.42. The maximum Gasteiger partial charge on any atom is 0.237 e. The van der Waals surface area contributed by atoms with Gasteiger partial charge in [-0.2, -0.15) is 0 Å². The van der Waals surface area contributed by atoms with Gasteiger partial charge in [-0.25, -0.2) is 0 Å². The molecule has 1 saturated heterocycles. The van der Waals surface area contributed by atoms with Crippen molar-refractivity contribution in [3.8, 4) is 0 Å². The van der Waals surface area contributed by atoms with Crippen molar-refractivity contribution >= 4 is 11.8 Å². The van der Waals surface area contributed by atoms with Gasteiger partial charge in [-0.15, -0.1) is 0 Å². The van der Waals surface area contributed by atoms with Gasteiger partial charge in [0, 0.05) is 19.6 Å². The highest BCUT2D eigenvalue weighted by Gasteiger charge is 2.39. The zero-order valence-corrected chi connectivity index (χ0v) is 12.1. The van der Waals surface area contributed by atoms with Crippen molar-refractivity contribution in [2.24, 2.45) is 11.3 Å². The van der Waals surface area contributed by atoms with Crippen molar-refractivity contribution in [1.82, 2.24) is 10.2 Å². The zero-order chi connectivity index (χ0) is 13.8. The first-order chi connectivity index (χ1) is 8.35. The Hall–Kier alpha value is -1.06. The van der Waals surface area contributed by atoms with Crippen LogP contribution in [0.4, 0.5) is 0 Å². The van der Waals surface area contributed by atoms with Crippen molar-refractivity contribution in [2.75, 3.05) is 19.6 Å². The van der Waals surface area contributed by atoms with Crippen LogP contribution in [0.1, 0.15) is 47.0 Å². The molecular formula is C14H26N2O2. The van der Waals surface area contributed by atoms with Gasteiger partial charge in [-0.05, 0) is 39.0 Å². The molecule has 0 aromatic rings. The van der Waals surface area contributed by atoms with Crippen molar-refractivity contribution in [3.05, 3.63) is 0 Å². The summed E-state index contributed by atoms with van der Waals surface area (Å²) in [5.74, 6) is 0.199. The summed E-state index contributed by atoms with van der Waals surface area (Å²) in [5, 5.41) is 2.86. The lowest BCUT2D eigenvalue weighted by Crippen LogP contribution is -2.51. The Labute approximate surface area is 110 Å². The van der Waals surface area contributed by atoms with E-state index in [1.807, 2.05) is 18.7 Å². The smallest absolute Gasteiger partial charge is 0.237 e. The molecule has 4 heteroatoms. The first kappa shape index (κ1) is 15.0. The van der Waals surface area contributed by atoms with E-state index in [2.05, 4.69) is 5.32 Å². The third-order valence-electron chi connectivity index (χ3n) is 3.42. The van der Waals surface area contributed by atoms with E-state index in [1.54, 1.807) is 13.8 Å². The Bertz CT molecular complexity index is 305. The Morgan fingerprint density at radius 1 is 1.17 bits per heavy atom. The maximum atomic E-state index is 12.4. The molecule has 1 rings (SSSR count). The quantitative estimate of drug-likeness (QED) is 0.778. The number of piperidine rings is 1. The summed E-state index contributed by atoms with van der Waals surface area (Å²) < 4.78 is 0. The van der Waals surface area contributed by atoms with Gasteiger partial charge in [0.05, 0.1) is 0 Å². The standard InChI is InChI=1S/C14H26N2O2/c1-11(2)10-15-12(17)14(3,4)13(18)16-8-6-5-7-9-16/h11H,5-10H2,1-4H3,(H,15,17). The number of hydrogen-bond acceptors (Lipinski definition) is 2. The Balaban J connectivity index is 2.59. The summed E-state index contributed by atoms with van der Waals surface area (Å²) in [6.45, 7) is 9.73. The second kappa shape index (κ2) is 6.21. The average molecular weight is 254 g/mol. The van der Waals surface area contributed by atoms with Crippen LogP contribution < -0.4 is 5.32 Å². The summed E-state index contributed by atoms with van der Waals surface area (Å²) in [5.41, 5.74) is -0.952. The average Bonchev–Trinajstić information content (AvgIpc) is 2.35. The molecule has 0 aromatic carbocycles. The van der Waals surface area contributed by atoms with Gasteiger partial charge in [-0.3, -0.25) is 9.59 Å². The molecular weight excluding hydrogens is 228 g/mol. The summed E-state index contributed by atoms with van der Waals surface area (Å²) >= 11 is 0. The van der Waals surface area contributed by atoms with Crippen molar-refractivity contribution in [3.63, 3.8) is 0 Å². The summed E-state index contributed by atoms with van der Waals surface area (Å²) in [6.07, 6.45) is 3.29. The van der Waals surface area contributed by atoms with Crippen LogP contribution in [-0.4, -0.2) is 36.3 Å². The van der Waals surface area contributed by atoms with Crippen molar-refractivity contribution < 1.29 is 9.59 Å². The number of rotatable bonds is 4. The molecule has 0 unspecified atom stereocenters. The molecule has 0 saturated carbocycles. The predicted octanol–water partition coefficient (Wildman–Crippen LogP) is 1.80. The number of hydrogen-bond donors (Lipinski definition) is 1. The van der Waals surface area contributed by atoms with Crippen LogP contribution in [0.15, 0.2) is 0 Å². The van der Waals surface area contributed by atoms with Gasteiger partial charge in [0.1, 0.15) is 5.41 Å². The van der Waals surface area contributed by atoms with E-state index in [0.29, 0.717) is 12.5 Å². The first-order valence-corrected chi connectivity index (χ1v) is 6.93. The van der Waals surface area contributed by atoms with E-state index in [4.69, 9.17) is 0 Å². The Kier molecular flexibility index (Phi) is 5.17. The van der Waals surface area contributed by atoms with Crippen molar-refractivity contribution in [2.45, 2.75) is 47.0 Å². The van der Waals surface area contributed by atoms with E-state index in [0.717, 1.165) is 25.9 Å². The molecule has 18 heavy (non-hydrogen) atoms. The summed E-state index contributed by atoms with van der Waals surface area (Å²) in [6, 6.07) is 0. The molecule has 4 nitrogen and oxygen atoms in total. The van der Waals surface area contributed by atoms with Crippen LogP contribution in [0.5, 0.6) is 0 Å². The fraction of sp³-hybridized carbons (Fsp3) is 0.857. The number of amides is 2. The second-order valence-corrected chi connectivity index (χ2v) is 6.08. The van der Waals surface area contributed by atoms with Gasteiger partial charge in [0.15, 0.2) is 0 Å². The molecule has 0 aliphatic carbocycles. The largest absolute Gasteiger partial charge is 0.355 e. The van der Waals surface area contributed by atoms with Gasteiger partial charge >= 0.3 is 0 Å². The number of carbonyl (C=O) groups excluding carboxylic acids is 2. The minimum atomic E-state index is -0.952. The lowest BCUT2D eigenvalue weighted by Gasteiger charge is -2.33. The SMILES string of the molecule is CC(C)CNC(=O)C(C)(C)C(=O)N1CCCCC1. The molecule has 1 fully saturated rings. The maximum absolute atomic E-state index is 12.4. The highest BCUT2D eigenvalue weighted by atomic mass is 16.2. The van der Waals surface area contributed by atoms with Crippen LogP contribution >= 0.6 is 0 Å². The van der Waals surface area contributed by atoms with Gasteiger partial charge in [0.2, 0.25) is 11.8 Å². The molecule has 104 valence electrons. The molecule has 2 amide bonds. The molecule has 1 N–H and O–H groups in total. The van der Waals surface area contributed by atoms with Crippen LogP contribution in [0.3, 0.4) is 0 Å². The molecule has 1 aliphatic rings. The van der Waals surface area contributed by atoms with Gasteiger partial charge in [-0.1, -0.05) is 13.8 Å². The summed E-state index contributed by atoms with van der Waals surface area (Å²) in [4.78, 5) is 26.3. The highest BCUT2D eigenvalue weighted by Crippen LogP contribution is 2.22. The normalized spacial score (nSPS) is 16.8. The third kappa shape index (κ3) is 3.72.